The Bertz CT molecular complexity index is 840. The molecule has 0 bridgehead atoms. The molecular weight excluding hydrogens is 364 g/mol. The molecule has 28 heavy (non-hydrogen) atoms. The lowest BCUT2D eigenvalue weighted by Crippen LogP contribution is -2.16. The van der Waals surface area contributed by atoms with Gasteiger partial charge in [-0.3, -0.25) is 14.4 Å². The largest absolute Gasteiger partial charge is 0.493 e. The Labute approximate surface area is 163 Å². The first-order valence-corrected chi connectivity index (χ1v) is 8.59. The van der Waals surface area contributed by atoms with Crippen molar-refractivity contribution in [2.24, 2.45) is 0 Å². The number of Topliss-reactive ketones (excluding diaryl/α,β-unsaturated/α-hetero) is 2. The number of hydrogen-bond donors (Lipinski definition) is 0. The molecule has 0 saturated carbocycles. The summed E-state index contributed by atoms with van der Waals surface area (Å²) in [5.74, 6) is 0.533. The van der Waals surface area contributed by atoms with Crippen molar-refractivity contribution in [2.75, 3.05) is 27.4 Å². The SMILES string of the molecule is COc1ccc(C(=O)COC(=O)CCOc2ccc(C(C)=O)cc2)cc1OC. The maximum atomic E-state index is 12.2. The fraction of sp³-hybridized carbons (Fsp3) is 0.286. The van der Waals surface area contributed by atoms with Crippen LogP contribution in [0.1, 0.15) is 34.1 Å². The number of carbonyl (C=O) groups is 3. The van der Waals surface area contributed by atoms with Gasteiger partial charge in [0.15, 0.2) is 29.7 Å². The highest BCUT2D eigenvalue weighted by atomic mass is 16.5. The zero-order valence-electron chi connectivity index (χ0n) is 16.0. The highest BCUT2D eigenvalue weighted by Crippen LogP contribution is 2.27. The van der Waals surface area contributed by atoms with Gasteiger partial charge in [0, 0.05) is 11.1 Å². The van der Waals surface area contributed by atoms with Gasteiger partial charge in [0.05, 0.1) is 27.2 Å². The Morgan fingerprint density at radius 3 is 2.11 bits per heavy atom. The highest BCUT2D eigenvalue weighted by molar-refractivity contribution is 5.98. The van der Waals surface area contributed by atoms with Gasteiger partial charge < -0.3 is 18.9 Å². The fourth-order valence-corrected chi connectivity index (χ4v) is 2.35. The van der Waals surface area contributed by atoms with E-state index in [2.05, 4.69) is 0 Å². The summed E-state index contributed by atoms with van der Waals surface area (Å²) in [5.41, 5.74) is 0.938. The number of rotatable bonds is 10. The Morgan fingerprint density at radius 2 is 1.50 bits per heavy atom. The molecule has 7 nitrogen and oxygen atoms in total. The maximum Gasteiger partial charge on any atom is 0.309 e. The number of carbonyl (C=O) groups excluding carboxylic acids is 3. The third kappa shape index (κ3) is 5.84. The summed E-state index contributed by atoms with van der Waals surface area (Å²) in [4.78, 5) is 35.2. The zero-order chi connectivity index (χ0) is 20.5. The van der Waals surface area contributed by atoms with Crippen molar-refractivity contribution >= 4 is 17.5 Å². The Balaban J connectivity index is 1.77. The second-order valence-corrected chi connectivity index (χ2v) is 5.83. The monoisotopic (exact) mass is 386 g/mol. The standard InChI is InChI=1S/C21H22O7/c1-14(22)15-4-7-17(8-5-15)27-11-10-21(24)28-13-18(23)16-6-9-19(25-2)20(12-16)26-3/h4-9,12H,10-11,13H2,1-3H3. The fourth-order valence-electron chi connectivity index (χ4n) is 2.35. The van der Waals surface area contributed by atoms with Crippen LogP contribution in [0.25, 0.3) is 0 Å². The van der Waals surface area contributed by atoms with Crippen molar-refractivity contribution in [2.45, 2.75) is 13.3 Å². The van der Waals surface area contributed by atoms with Gasteiger partial charge in [-0.05, 0) is 49.4 Å². The van der Waals surface area contributed by atoms with Gasteiger partial charge in [0.2, 0.25) is 0 Å². The molecular formula is C21H22O7. The summed E-state index contributed by atoms with van der Waals surface area (Å²) in [5, 5.41) is 0. The van der Waals surface area contributed by atoms with E-state index in [1.165, 1.54) is 27.2 Å². The van der Waals surface area contributed by atoms with E-state index in [4.69, 9.17) is 18.9 Å². The van der Waals surface area contributed by atoms with Gasteiger partial charge >= 0.3 is 5.97 Å². The van der Waals surface area contributed by atoms with Crippen LogP contribution in [-0.4, -0.2) is 45.0 Å². The molecule has 0 unspecified atom stereocenters. The van der Waals surface area contributed by atoms with Gasteiger partial charge in [0.1, 0.15) is 5.75 Å². The van der Waals surface area contributed by atoms with Gasteiger partial charge in [0.25, 0.3) is 0 Å². The highest BCUT2D eigenvalue weighted by Gasteiger charge is 2.13. The topological polar surface area (TPSA) is 88.1 Å². The number of ketones is 2. The molecule has 0 aliphatic heterocycles. The summed E-state index contributed by atoms with van der Waals surface area (Å²) in [7, 11) is 2.97. The van der Waals surface area contributed by atoms with Crippen LogP contribution in [0.5, 0.6) is 17.2 Å². The molecule has 7 heteroatoms. The molecule has 0 amide bonds. The second-order valence-electron chi connectivity index (χ2n) is 5.83. The Kier molecular flexibility index (Phi) is 7.56. The molecule has 0 N–H and O–H groups in total. The summed E-state index contributed by atoms with van der Waals surface area (Å²) >= 11 is 0. The van der Waals surface area contributed by atoms with Crippen LogP contribution in [0.15, 0.2) is 42.5 Å². The molecule has 2 aromatic rings. The van der Waals surface area contributed by atoms with Crippen LogP contribution in [0.2, 0.25) is 0 Å². The third-order valence-corrected chi connectivity index (χ3v) is 3.91. The number of methoxy groups -OCH3 is 2. The lowest BCUT2D eigenvalue weighted by Gasteiger charge is -2.10. The molecule has 0 aliphatic rings. The summed E-state index contributed by atoms with van der Waals surface area (Å²) in [6, 6.07) is 11.3. The van der Waals surface area contributed by atoms with E-state index >= 15 is 0 Å². The molecule has 0 fully saturated rings. The normalized spacial score (nSPS) is 10.1. The van der Waals surface area contributed by atoms with Crippen LogP contribution in [0.4, 0.5) is 0 Å². The minimum absolute atomic E-state index is 0.00628. The summed E-state index contributed by atoms with van der Waals surface area (Å²) in [6.45, 7) is 1.21. The summed E-state index contributed by atoms with van der Waals surface area (Å²) < 4.78 is 20.7. The summed E-state index contributed by atoms with van der Waals surface area (Å²) in [6.07, 6.45) is -0.00628. The quantitative estimate of drug-likeness (QED) is 0.458. The molecule has 2 rings (SSSR count). The molecule has 148 valence electrons. The van der Waals surface area contributed by atoms with Crippen molar-refractivity contribution in [3.63, 3.8) is 0 Å². The van der Waals surface area contributed by atoms with E-state index in [1.54, 1.807) is 36.4 Å². The van der Waals surface area contributed by atoms with Crippen LogP contribution >= 0.6 is 0 Å². The molecule has 0 aromatic heterocycles. The minimum atomic E-state index is -0.547. The first-order valence-electron chi connectivity index (χ1n) is 8.59. The molecule has 2 aromatic carbocycles. The molecule has 0 spiro atoms. The van der Waals surface area contributed by atoms with E-state index < -0.39 is 5.97 Å². The Hall–Kier alpha value is -3.35. The average molecular weight is 386 g/mol. The third-order valence-electron chi connectivity index (χ3n) is 3.91. The Morgan fingerprint density at radius 1 is 0.857 bits per heavy atom. The first-order chi connectivity index (χ1) is 13.4. The lowest BCUT2D eigenvalue weighted by atomic mass is 10.1. The van der Waals surface area contributed by atoms with Crippen LogP contribution in [0, 0.1) is 0 Å². The molecule has 0 radical (unpaired) electrons. The number of benzene rings is 2. The van der Waals surface area contributed by atoms with Crippen molar-refractivity contribution in [1.29, 1.82) is 0 Å². The predicted octanol–water partition coefficient (Wildman–Crippen LogP) is 3.10. The maximum absolute atomic E-state index is 12.2. The zero-order valence-corrected chi connectivity index (χ0v) is 16.0. The smallest absolute Gasteiger partial charge is 0.309 e. The predicted molar refractivity (Wildman–Crippen MR) is 101 cm³/mol. The van der Waals surface area contributed by atoms with Crippen molar-refractivity contribution in [3.05, 3.63) is 53.6 Å². The molecule has 0 saturated heterocycles. The molecule has 0 atom stereocenters. The van der Waals surface area contributed by atoms with Crippen LogP contribution in [-0.2, 0) is 9.53 Å². The average Bonchev–Trinajstić information content (AvgIpc) is 2.71. The second kappa shape index (κ2) is 10.1. The number of hydrogen-bond acceptors (Lipinski definition) is 7. The first kappa shape index (κ1) is 21.0. The van der Waals surface area contributed by atoms with E-state index in [-0.39, 0.29) is 31.2 Å². The van der Waals surface area contributed by atoms with Crippen molar-refractivity contribution < 1.29 is 33.3 Å². The van der Waals surface area contributed by atoms with Gasteiger partial charge in [-0.2, -0.15) is 0 Å². The number of esters is 1. The van der Waals surface area contributed by atoms with E-state index in [0.29, 0.717) is 28.4 Å². The molecule has 0 aliphatic carbocycles. The van der Waals surface area contributed by atoms with Crippen molar-refractivity contribution in [1.82, 2.24) is 0 Å². The van der Waals surface area contributed by atoms with Crippen molar-refractivity contribution in [3.8, 4) is 17.2 Å². The number of ether oxygens (including phenoxy) is 4. The van der Waals surface area contributed by atoms with Gasteiger partial charge in [-0.15, -0.1) is 0 Å². The minimum Gasteiger partial charge on any atom is -0.493 e. The van der Waals surface area contributed by atoms with Crippen LogP contribution < -0.4 is 14.2 Å². The van der Waals surface area contributed by atoms with Crippen LogP contribution in [0.3, 0.4) is 0 Å². The van der Waals surface area contributed by atoms with E-state index in [1.807, 2.05) is 0 Å². The van der Waals surface area contributed by atoms with E-state index in [9.17, 15) is 14.4 Å². The molecule has 0 heterocycles. The van der Waals surface area contributed by atoms with Gasteiger partial charge in [-0.1, -0.05) is 0 Å². The van der Waals surface area contributed by atoms with E-state index in [0.717, 1.165) is 0 Å². The lowest BCUT2D eigenvalue weighted by molar-refractivity contribution is -0.143. The van der Waals surface area contributed by atoms with Gasteiger partial charge in [-0.25, -0.2) is 0 Å².